The van der Waals surface area contributed by atoms with E-state index in [9.17, 15) is 4.79 Å². The molecule has 6 heteroatoms. The average molecular weight is 327 g/mol. The Bertz CT molecular complexity index is 655. The van der Waals surface area contributed by atoms with Crippen LogP contribution < -0.4 is 10.6 Å². The fraction of sp³-hybridized carbons (Fsp3) is 0.444. The van der Waals surface area contributed by atoms with Gasteiger partial charge < -0.3 is 10.6 Å². The summed E-state index contributed by atoms with van der Waals surface area (Å²) in [5, 5.41) is 12.5. The van der Waals surface area contributed by atoms with E-state index in [1.807, 2.05) is 6.07 Å². The number of nitrogens with zero attached hydrogens (tertiary/aromatic N) is 2. The van der Waals surface area contributed by atoms with Gasteiger partial charge in [0.05, 0.1) is 12.2 Å². The largest absolute Gasteiger partial charge is 0.337 e. The van der Waals surface area contributed by atoms with Gasteiger partial charge in [0, 0.05) is 31.9 Å². The number of H-pyrrole nitrogens is 1. The Morgan fingerprint density at radius 2 is 2.12 bits per heavy atom. The molecule has 0 saturated heterocycles. The van der Waals surface area contributed by atoms with Gasteiger partial charge in [-0.1, -0.05) is 31.2 Å². The smallest absolute Gasteiger partial charge is 0.315 e. The van der Waals surface area contributed by atoms with Gasteiger partial charge in [0.15, 0.2) is 0 Å². The third-order valence-electron chi connectivity index (χ3n) is 4.64. The van der Waals surface area contributed by atoms with Crippen LogP contribution in [0.15, 0.2) is 36.5 Å². The van der Waals surface area contributed by atoms with E-state index in [1.165, 1.54) is 11.1 Å². The first-order valence-electron chi connectivity index (χ1n) is 8.57. The molecular formula is C18H25N5O. The first kappa shape index (κ1) is 16.5. The molecule has 1 aromatic carbocycles. The van der Waals surface area contributed by atoms with Gasteiger partial charge in [0.1, 0.15) is 0 Å². The Hall–Kier alpha value is -2.34. The molecule has 24 heavy (non-hydrogen) atoms. The molecule has 3 N–H and O–H groups in total. The highest BCUT2D eigenvalue weighted by Crippen LogP contribution is 2.21. The van der Waals surface area contributed by atoms with Gasteiger partial charge in [-0.15, -0.1) is 0 Å². The zero-order valence-corrected chi connectivity index (χ0v) is 14.1. The van der Waals surface area contributed by atoms with Crippen molar-refractivity contribution in [3.05, 3.63) is 53.3 Å². The predicted octanol–water partition coefficient (Wildman–Crippen LogP) is 2.05. The van der Waals surface area contributed by atoms with Crippen LogP contribution in [0.1, 0.15) is 30.2 Å². The Kier molecular flexibility index (Phi) is 5.48. The summed E-state index contributed by atoms with van der Waals surface area (Å²) in [7, 11) is 0. The first-order chi connectivity index (χ1) is 11.8. The Balaban J connectivity index is 1.47. The van der Waals surface area contributed by atoms with Crippen molar-refractivity contribution in [3.63, 3.8) is 0 Å². The van der Waals surface area contributed by atoms with Gasteiger partial charge in [0.25, 0.3) is 0 Å². The summed E-state index contributed by atoms with van der Waals surface area (Å²) < 4.78 is 0. The number of carbonyl (C=O) groups excluding carboxylic acids is 1. The van der Waals surface area contributed by atoms with Crippen LogP contribution >= 0.6 is 0 Å². The van der Waals surface area contributed by atoms with E-state index in [4.69, 9.17) is 0 Å². The second-order valence-electron chi connectivity index (χ2n) is 6.20. The van der Waals surface area contributed by atoms with Crippen LogP contribution in [-0.2, 0) is 19.5 Å². The van der Waals surface area contributed by atoms with Gasteiger partial charge >= 0.3 is 6.03 Å². The van der Waals surface area contributed by atoms with Crippen molar-refractivity contribution >= 4 is 6.03 Å². The third kappa shape index (κ3) is 4.14. The highest BCUT2D eigenvalue weighted by atomic mass is 16.2. The van der Waals surface area contributed by atoms with Crippen molar-refractivity contribution in [2.75, 3.05) is 13.1 Å². The maximum Gasteiger partial charge on any atom is 0.315 e. The van der Waals surface area contributed by atoms with Crippen LogP contribution in [0, 0.1) is 0 Å². The average Bonchev–Trinajstić information content (AvgIpc) is 3.14. The molecule has 0 fully saturated rings. The van der Waals surface area contributed by atoms with E-state index in [0.717, 1.165) is 31.6 Å². The van der Waals surface area contributed by atoms with Gasteiger partial charge in [0.2, 0.25) is 0 Å². The minimum absolute atomic E-state index is 0.138. The van der Waals surface area contributed by atoms with E-state index in [1.54, 1.807) is 6.20 Å². The summed E-state index contributed by atoms with van der Waals surface area (Å²) in [6.07, 6.45) is 3.78. The van der Waals surface area contributed by atoms with Gasteiger partial charge in [-0.05, 0) is 30.0 Å². The first-order valence-corrected chi connectivity index (χ1v) is 8.57. The Morgan fingerprint density at radius 3 is 2.88 bits per heavy atom. The molecule has 0 saturated carbocycles. The van der Waals surface area contributed by atoms with Crippen LogP contribution in [0.5, 0.6) is 0 Å². The van der Waals surface area contributed by atoms with E-state index < -0.39 is 0 Å². The summed E-state index contributed by atoms with van der Waals surface area (Å²) in [5.41, 5.74) is 3.75. The number of fused-ring (bicyclic) bond motifs is 1. The van der Waals surface area contributed by atoms with E-state index in [-0.39, 0.29) is 6.03 Å². The van der Waals surface area contributed by atoms with Crippen molar-refractivity contribution in [2.45, 2.75) is 38.9 Å². The molecule has 1 atom stereocenters. The number of nitrogens with one attached hydrogen (secondary N) is 3. The molecule has 1 unspecified atom stereocenters. The Morgan fingerprint density at radius 1 is 1.29 bits per heavy atom. The summed E-state index contributed by atoms with van der Waals surface area (Å²) >= 11 is 0. The molecule has 0 aliphatic carbocycles. The number of hydrogen-bond acceptors (Lipinski definition) is 3. The van der Waals surface area contributed by atoms with E-state index >= 15 is 0 Å². The summed E-state index contributed by atoms with van der Waals surface area (Å²) in [6, 6.07) is 10.7. The number of urea groups is 1. The minimum Gasteiger partial charge on any atom is -0.337 e. The Labute approximate surface area is 142 Å². The second kappa shape index (κ2) is 7.97. The number of rotatable bonds is 6. The number of amides is 2. The molecule has 128 valence electrons. The number of benzene rings is 1. The van der Waals surface area contributed by atoms with Gasteiger partial charge in [-0.3, -0.25) is 10.00 Å². The third-order valence-corrected chi connectivity index (χ3v) is 4.64. The molecule has 2 aromatic rings. The fourth-order valence-electron chi connectivity index (χ4n) is 3.19. The van der Waals surface area contributed by atoms with Crippen LogP contribution in [0.4, 0.5) is 4.79 Å². The maximum absolute atomic E-state index is 12.0. The lowest BCUT2D eigenvalue weighted by Crippen LogP contribution is -2.47. The molecule has 1 aliphatic rings. The topological polar surface area (TPSA) is 73.0 Å². The quantitative estimate of drug-likeness (QED) is 0.760. The number of aromatic nitrogens is 2. The highest BCUT2D eigenvalue weighted by molar-refractivity contribution is 5.73. The van der Waals surface area contributed by atoms with Crippen molar-refractivity contribution in [2.24, 2.45) is 0 Å². The van der Waals surface area contributed by atoms with Gasteiger partial charge in [-0.2, -0.15) is 5.10 Å². The van der Waals surface area contributed by atoms with Crippen molar-refractivity contribution in [3.8, 4) is 0 Å². The number of carbonyl (C=O) groups is 1. The van der Waals surface area contributed by atoms with Crippen molar-refractivity contribution < 1.29 is 4.79 Å². The zero-order valence-electron chi connectivity index (χ0n) is 14.1. The fourth-order valence-corrected chi connectivity index (χ4v) is 3.19. The van der Waals surface area contributed by atoms with Crippen LogP contribution in [0.2, 0.25) is 0 Å². The monoisotopic (exact) mass is 327 g/mol. The summed E-state index contributed by atoms with van der Waals surface area (Å²) in [6.45, 7) is 5.31. The van der Waals surface area contributed by atoms with Crippen molar-refractivity contribution in [1.82, 2.24) is 25.7 Å². The van der Waals surface area contributed by atoms with Crippen LogP contribution in [-0.4, -0.2) is 40.3 Å². The van der Waals surface area contributed by atoms with Crippen molar-refractivity contribution in [1.29, 1.82) is 0 Å². The predicted molar refractivity (Wildman–Crippen MR) is 93.5 cm³/mol. The zero-order chi connectivity index (χ0) is 16.8. The molecule has 0 radical (unpaired) electrons. The molecule has 1 aliphatic heterocycles. The number of aromatic amines is 1. The van der Waals surface area contributed by atoms with E-state index in [2.05, 4.69) is 56.9 Å². The molecule has 1 aromatic heterocycles. The highest BCUT2D eigenvalue weighted by Gasteiger charge is 2.22. The van der Waals surface area contributed by atoms with Crippen LogP contribution in [0.25, 0.3) is 0 Å². The summed E-state index contributed by atoms with van der Waals surface area (Å²) in [4.78, 5) is 14.4. The SMILES string of the molecule is CCC(CNC(=O)NCc1ccn[nH]1)N1CCc2ccccc2C1. The lowest BCUT2D eigenvalue weighted by Gasteiger charge is -2.35. The molecular weight excluding hydrogens is 302 g/mol. The molecule has 2 amide bonds. The lowest BCUT2D eigenvalue weighted by molar-refractivity contribution is 0.169. The summed E-state index contributed by atoms with van der Waals surface area (Å²) in [5.74, 6) is 0. The molecule has 3 rings (SSSR count). The standard InChI is InChI=1S/C18H25N5O/c1-2-17(12-20-18(24)19-11-16-7-9-21-22-16)23-10-8-14-5-3-4-6-15(14)13-23/h3-7,9,17H,2,8,10-13H2,1H3,(H,21,22)(H2,19,20,24). The minimum atomic E-state index is -0.138. The molecule has 6 nitrogen and oxygen atoms in total. The van der Waals surface area contributed by atoms with Crippen LogP contribution in [0.3, 0.4) is 0 Å². The normalized spacial score (nSPS) is 15.5. The lowest BCUT2D eigenvalue weighted by atomic mass is 9.98. The molecule has 0 bridgehead atoms. The van der Waals surface area contributed by atoms with E-state index in [0.29, 0.717) is 19.1 Å². The second-order valence-corrected chi connectivity index (χ2v) is 6.20. The maximum atomic E-state index is 12.0. The van der Waals surface area contributed by atoms with Gasteiger partial charge in [-0.25, -0.2) is 4.79 Å². The molecule has 0 spiro atoms. The molecule has 2 heterocycles. The number of hydrogen-bond donors (Lipinski definition) is 3.